The van der Waals surface area contributed by atoms with Crippen LogP contribution in [0.2, 0.25) is 0 Å². The second-order valence-corrected chi connectivity index (χ2v) is 4.29. The molecule has 1 aromatic carbocycles. The van der Waals surface area contributed by atoms with Crippen molar-refractivity contribution >= 4 is 5.97 Å². The van der Waals surface area contributed by atoms with E-state index in [-0.39, 0.29) is 17.8 Å². The van der Waals surface area contributed by atoms with E-state index in [4.69, 9.17) is 4.74 Å². The number of nitrogens with zero attached hydrogens (tertiary/aromatic N) is 1. The molecule has 94 valence electrons. The summed E-state index contributed by atoms with van der Waals surface area (Å²) in [5.41, 5.74) is 1.39. The van der Waals surface area contributed by atoms with Gasteiger partial charge in [0.2, 0.25) is 0 Å². The second-order valence-electron chi connectivity index (χ2n) is 4.29. The second kappa shape index (κ2) is 5.77. The number of hydrogen-bond acceptors (Lipinski definition) is 3. The summed E-state index contributed by atoms with van der Waals surface area (Å²) in [4.78, 5) is 13.3. The SMILES string of the molecule is COC(=O)C(Cc1ccc(C)c(F)c1)N(C)C. The van der Waals surface area contributed by atoms with Crippen LogP contribution in [0.5, 0.6) is 0 Å². The number of ether oxygens (including phenoxy) is 1. The van der Waals surface area contributed by atoms with Gasteiger partial charge in [0.15, 0.2) is 0 Å². The van der Waals surface area contributed by atoms with E-state index in [1.807, 2.05) is 6.07 Å². The standard InChI is InChI=1S/C13H18FNO2/c1-9-5-6-10(7-11(9)14)8-12(15(2)3)13(16)17-4/h5-7,12H,8H2,1-4H3. The van der Waals surface area contributed by atoms with Gasteiger partial charge in [0.25, 0.3) is 0 Å². The van der Waals surface area contributed by atoms with Crippen molar-refractivity contribution in [2.24, 2.45) is 0 Å². The van der Waals surface area contributed by atoms with E-state index < -0.39 is 0 Å². The molecule has 0 aliphatic carbocycles. The molecule has 3 nitrogen and oxygen atoms in total. The number of benzene rings is 1. The van der Waals surface area contributed by atoms with Crippen LogP contribution < -0.4 is 0 Å². The number of likely N-dealkylation sites (N-methyl/N-ethyl adjacent to an activating group) is 1. The van der Waals surface area contributed by atoms with Gasteiger partial charge in [-0.25, -0.2) is 4.39 Å². The number of esters is 1. The lowest BCUT2D eigenvalue weighted by atomic mass is 10.0. The van der Waals surface area contributed by atoms with Crippen LogP contribution in [-0.2, 0) is 16.0 Å². The Labute approximate surface area is 101 Å². The van der Waals surface area contributed by atoms with Gasteiger partial charge < -0.3 is 4.74 Å². The summed E-state index contributed by atoms with van der Waals surface area (Å²) in [7, 11) is 4.95. The van der Waals surface area contributed by atoms with E-state index in [0.717, 1.165) is 5.56 Å². The van der Waals surface area contributed by atoms with Crippen LogP contribution in [0, 0.1) is 12.7 Å². The van der Waals surface area contributed by atoms with Crippen molar-refractivity contribution in [2.45, 2.75) is 19.4 Å². The first-order valence-electron chi connectivity index (χ1n) is 5.45. The highest BCUT2D eigenvalue weighted by atomic mass is 19.1. The normalized spacial score (nSPS) is 12.6. The monoisotopic (exact) mass is 239 g/mol. The molecule has 1 atom stereocenters. The molecular formula is C13H18FNO2. The molecule has 1 rings (SSSR count). The number of halogens is 1. The number of methoxy groups -OCH3 is 1. The van der Waals surface area contributed by atoms with Gasteiger partial charge >= 0.3 is 5.97 Å². The largest absolute Gasteiger partial charge is 0.468 e. The summed E-state index contributed by atoms with van der Waals surface area (Å²) in [5.74, 6) is -0.555. The Kier molecular flexibility index (Phi) is 4.63. The molecule has 0 bridgehead atoms. The first kappa shape index (κ1) is 13.6. The van der Waals surface area contributed by atoms with E-state index in [1.54, 1.807) is 32.0 Å². The number of carbonyl (C=O) groups excluding carboxylic acids is 1. The number of hydrogen-bond donors (Lipinski definition) is 0. The molecule has 0 N–H and O–H groups in total. The zero-order chi connectivity index (χ0) is 13.0. The molecule has 0 saturated carbocycles. The summed E-state index contributed by atoms with van der Waals surface area (Å²) < 4.78 is 18.1. The Morgan fingerprint density at radius 1 is 1.47 bits per heavy atom. The van der Waals surface area contributed by atoms with E-state index in [0.29, 0.717) is 12.0 Å². The molecule has 1 aromatic rings. The predicted molar refractivity (Wildman–Crippen MR) is 64.3 cm³/mol. The topological polar surface area (TPSA) is 29.5 Å². The van der Waals surface area contributed by atoms with E-state index >= 15 is 0 Å². The summed E-state index contributed by atoms with van der Waals surface area (Å²) in [6, 6.07) is 4.63. The average Bonchev–Trinajstić information content (AvgIpc) is 2.29. The molecule has 0 spiro atoms. The lowest BCUT2D eigenvalue weighted by molar-refractivity contribution is -0.145. The fourth-order valence-corrected chi connectivity index (χ4v) is 1.60. The molecule has 0 radical (unpaired) electrons. The van der Waals surface area contributed by atoms with Crippen molar-refractivity contribution in [3.8, 4) is 0 Å². The van der Waals surface area contributed by atoms with E-state index in [2.05, 4.69) is 0 Å². The van der Waals surface area contributed by atoms with Crippen LogP contribution >= 0.6 is 0 Å². The molecule has 0 aliphatic rings. The van der Waals surface area contributed by atoms with E-state index in [1.165, 1.54) is 13.2 Å². The molecule has 4 heteroatoms. The smallest absolute Gasteiger partial charge is 0.323 e. The lowest BCUT2D eigenvalue weighted by Crippen LogP contribution is -2.38. The number of carbonyl (C=O) groups is 1. The maximum absolute atomic E-state index is 13.4. The summed E-state index contributed by atoms with van der Waals surface area (Å²) in [5, 5.41) is 0. The molecule has 0 fully saturated rings. The van der Waals surface area contributed by atoms with Gasteiger partial charge in [-0.3, -0.25) is 9.69 Å². The summed E-state index contributed by atoms with van der Waals surface area (Å²) >= 11 is 0. The number of rotatable bonds is 4. The zero-order valence-corrected chi connectivity index (χ0v) is 10.7. The van der Waals surface area contributed by atoms with Gasteiger partial charge in [-0.05, 0) is 44.6 Å². The van der Waals surface area contributed by atoms with E-state index in [9.17, 15) is 9.18 Å². The Morgan fingerprint density at radius 3 is 2.59 bits per heavy atom. The van der Waals surface area contributed by atoms with Crippen molar-refractivity contribution in [3.05, 3.63) is 35.1 Å². The Hall–Kier alpha value is -1.42. The van der Waals surface area contributed by atoms with Gasteiger partial charge in [0, 0.05) is 0 Å². The highest BCUT2D eigenvalue weighted by molar-refractivity contribution is 5.76. The van der Waals surface area contributed by atoms with Gasteiger partial charge in [-0.15, -0.1) is 0 Å². The quantitative estimate of drug-likeness (QED) is 0.750. The van der Waals surface area contributed by atoms with Crippen LogP contribution in [0.25, 0.3) is 0 Å². The molecule has 0 saturated heterocycles. The number of aryl methyl sites for hydroxylation is 1. The minimum Gasteiger partial charge on any atom is -0.468 e. The van der Waals surface area contributed by atoms with Gasteiger partial charge in [-0.2, -0.15) is 0 Å². The summed E-state index contributed by atoms with van der Waals surface area (Å²) in [6.07, 6.45) is 0.441. The van der Waals surface area contributed by atoms with Gasteiger partial charge in [0.05, 0.1) is 7.11 Å². The van der Waals surface area contributed by atoms with Gasteiger partial charge in [0.1, 0.15) is 11.9 Å². The highest BCUT2D eigenvalue weighted by Crippen LogP contribution is 2.13. The first-order chi connectivity index (χ1) is 7.95. The van der Waals surface area contributed by atoms with Crippen LogP contribution in [0.3, 0.4) is 0 Å². The third-order valence-electron chi connectivity index (χ3n) is 2.76. The maximum atomic E-state index is 13.4. The Balaban J connectivity index is 2.86. The van der Waals surface area contributed by atoms with Crippen LogP contribution in [-0.4, -0.2) is 38.1 Å². The summed E-state index contributed by atoms with van der Waals surface area (Å²) in [6.45, 7) is 1.71. The molecule has 0 amide bonds. The first-order valence-corrected chi connectivity index (χ1v) is 5.45. The third-order valence-corrected chi connectivity index (χ3v) is 2.76. The Bertz CT molecular complexity index is 404. The van der Waals surface area contributed by atoms with Crippen molar-refractivity contribution in [3.63, 3.8) is 0 Å². The third kappa shape index (κ3) is 3.53. The lowest BCUT2D eigenvalue weighted by Gasteiger charge is -2.21. The average molecular weight is 239 g/mol. The Morgan fingerprint density at radius 2 is 2.12 bits per heavy atom. The minimum atomic E-state index is -0.387. The van der Waals surface area contributed by atoms with Gasteiger partial charge in [-0.1, -0.05) is 12.1 Å². The van der Waals surface area contributed by atoms with Crippen molar-refractivity contribution in [1.82, 2.24) is 4.90 Å². The fourth-order valence-electron chi connectivity index (χ4n) is 1.60. The molecule has 1 unspecified atom stereocenters. The minimum absolute atomic E-state index is 0.245. The van der Waals surface area contributed by atoms with Crippen LogP contribution in [0.4, 0.5) is 4.39 Å². The van der Waals surface area contributed by atoms with Crippen LogP contribution in [0.1, 0.15) is 11.1 Å². The molecule has 17 heavy (non-hydrogen) atoms. The predicted octanol–water partition coefficient (Wildman–Crippen LogP) is 1.78. The van der Waals surface area contributed by atoms with Crippen molar-refractivity contribution in [2.75, 3.05) is 21.2 Å². The highest BCUT2D eigenvalue weighted by Gasteiger charge is 2.22. The van der Waals surface area contributed by atoms with Crippen molar-refractivity contribution < 1.29 is 13.9 Å². The molecule has 0 heterocycles. The molecular weight excluding hydrogens is 221 g/mol. The maximum Gasteiger partial charge on any atom is 0.323 e. The molecule has 0 aliphatic heterocycles. The molecule has 0 aromatic heterocycles. The van der Waals surface area contributed by atoms with Crippen molar-refractivity contribution in [1.29, 1.82) is 0 Å². The van der Waals surface area contributed by atoms with Crippen LogP contribution in [0.15, 0.2) is 18.2 Å². The fraction of sp³-hybridized carbons (Fsp3) is 0.462. The zero-order valence-electron chi connectivity index (χ0n) is 10.7.